The Morgan fingerprint density at radius 2 is 1.89 bits per heavy atom. The molecule has 0 aliphatic rings. The summed E-state index contributed by atoms with van der Waals surface area (Å²) >= 11 is 12.1. The van der Waals surface area contributed by atoms with E-state index in [9.17, 15) is 0 Å². The van der Waals surface area contributed by atoms with Gasteiger partial charge in [-0.15, -0.1) is 0 Å². The van der Waals surface area contributed by atoms with E-state index in [1.165, 1.54) is 0 Å². The van der Waals surface area contributed by atoms with Crippen LogP contribution >= 0.6 is 23.2 Å². The lowest BCUT2D eigenvalue weighted by Crippen LogP contribution is -1.94. The molecule has 0 aliphatic heterocycles. The van der Waals surface area contributed by atoms with Gasteiger partial charge < -0.3 is 9.72 Å². The van der Waals surface area contributed by atoms with Crippen LogP contribution in [0, 0.1) is 0 Å². The molecule has 3 aromatic rings. The Kier molecular flexibility index (Phi) is 3.36. The zero-order chi connectivity index (χ0) is 13.2. The van der Waals surface area contributed by atoms with Crippen LogP contribution in [0.4, 0.5) is 0 Å². The predicted octanol–water partition coefficient (Wildman–Crippen LogP) is 5.05. The SMILES string of the molecule is Clc1ccc2[nH]cc(COc3ccccc3Cl)c2c1. The van der Waals surface area contributed by atoms with Gasteiger partial charge in [0, 0.05) is 27.7 Å². The molecule has 0 bridgehead atoms. The fourth-order valence-corrected chi connectivity index (χ4v) is 2.35. The minimum Gasteiger partial charge on any atom is -0.487 e. The summed E-state index contributed by atoms with van der Waals surface area (Å²) in [7, 11) is 0. The number of nitrogens with one attached hydrogen (secondary N) is 1. The van der Waals surface area contributed by atoms with Gasteiger partial charge in [-0.3, -0.25) is 0 Å². The van der Waals surface area contributed by atoms with Crippen molar-refractivity contribution in [3.05, 3.63) is 64.3 Å². The average molecular weight is 292 g/mol. The van der Waals surface area contributed by atoms with E-state index in [0.717, 1.165) is 16.5 Å². The van der Waals surface area contributed by atoms with E-state index in [1.807, 2.05) is 48.7 Å². The molecule has 2 aromatic carbocycles. The van der Waals surface area contributed by atoms with Gasteiger partial charge in [0.05, 0.1) is 5.02 Å². The molecule has 0 aliphatic carbocycles. The zero-order valence-corrected chi connectivity index (χ0v) is 11.5. The normalized spacial score (nSPS) is 10.8. The number of para-hydroxylation sites is 1. The average Bonchev–Trinajstić information content (AvgIpc) is 2.80. The first kappa shape index (κ1) is 12.4. The number of fused-ring (bicyclic) bond motifs is 1. The lowest BCUT2D eigenvalue weighted by molar-refractivity contribution is 0.308. The number of aromatic nitrogens is 1. The van der Waals surface area contributed by atoms with Gasteiger partial charge >= 0.3 is 0 Å². The topological polar surface area (TPSA) is 25.0 Å². The van der Waals surface area contributed by atoms with E-state index in [1.54, 1.807) is 0 Å². The number of hydrogen-bond acceptors (Lipinski definition) is 1. The number of benzene rings is 2. The van der Waals surface area contributed by atoms with Crippen molar-refractivity contribution in [2.75, 3.05) is 0 Å². The largest absolute Gasteiger partial charge is 0.487 e. The minimum absolute atomic E-state index is 0.448. The molecule has 19 heavy (non-hydrogen) atoms. The van der Waals surface area contributed by atoms with E-state index in [2.05, 4.69) is 4.98 Å². The summed E-state index contributed by atoms with van der Waals surface area (Å²) in [6, 6.07) is 13.2. The maximum absolute atomic E-state index is 6.05. The van der Waals surface area contributed by atoms with Crippen molar-refractivity contribution >= 4 is 34.1 Å². The Balaban J connectivity index is 1.86. The second-order valence-electron chi connectivity index (χ2n) is 4.22. The Bertz CT molecular complexity index is 721. The predicted molar refractivity (Wildman–Crippen MR) is 79.1 cm³/mol. The van der Waals surface area contributed by atoms with Gasteiger partial charge in [-0.25, -0.2) is 0 Å². The van der Waals surface area contributed by atoms with Crippen LogP contribution in [0.5, 0.6) is 5.75 Å². The molecule has 0 atom stereocenters. The first-order valence-electron chi connectivity index (χ1n) is 5.87. The number of ether oxygens (including phenoxy) is 1. The van der Waals surface area contributed by atoms with E-state index < -0.39 is 0 Å². The molecule has 96 valence electrons. The van der Waals surface area contributed by atoms with Crippen LogP contribution in [-0.4, -0.2) is 4.98 Å². The van der Waals surface area contributed by atoms with Crippen molar-refractivity contribution in [3.8, 4) is 5.75 Å². The molecule has 2 nitrogen and oxygen atoms in total. The standard InChI is InChI=1S/C15H11Cl2NO/c16-11-5-6-14-12(7-11)10(8-18-14)9-19-15-4-2-1-3-13(15)17/h1-8,18H,9H2. The van der Waals surface area contributed by atoms with Crippen LogP contribution < -0.4 is 4.74 Å². The van der Waals surface area contributed by atoms with E-state index in [0.29, 0.717) is 22.4 Å². The number of hydrogen-bond donors (Lipinski definition) is 1. The quantitative estimate of drug-likeness (QED) is 0.717. The molecule has 0 spiro atoms. The lowest BCUT2D eigenvalue weighted by Gasteiger charge is -2.07. The Labute approximate surface area is 120 Å². The molecular formula is C15H11Cl2NO. The second kappa shape index (κ2) is 5.16. The molecular weight excluding hydrogens is 281 g/mol. The highest BCUT2D eigenvalue weighted by atomic mass is 35.5. The second-order valence-corrected chi connectivity index (χ2v) is 5.07. The van der Waals surface area contributed by atoms with Crippen LogP contribution in [0.2, 0.25) is 10.0 Å². The third kappa shape index (κ3) is 2.55. The van der Waals surface area contributed by atoms with Crippen LogP contribution in [0.3, 0.4) is 0 Å². The van der Waals surface area contributed by atoms with E-state index in [4.69, 9.17) is 27.9 Å². The molecule has 1 heterocycles. The Morgan fingerprint density at radius 1 is 1.05 bits per heavy atom. The molecule has 0 unspecified atom stereocenters. The van der Waals surface area contributed by atoms with Crippen molar-refractivity contribution in [2.45, 2.75) is 6.61 Å². The van der Waals surface area contributed by atoms with Crippen molar-refractivity contribution in [3.63, 3.8) is 0 Å². The first-order chi connectivity index (χ1) is 9.24. The Hall–Kier alpha value is -1.64. The summed E-state index contributed by atoms with van der Waals surface area (Å²) in [5, 5.41) is 2.39. The molecule has 1 N–H and O–H groups in total. The van der Waals surface area contributed by atoms with Gasteiger partial charge in [0.15, 0.2) is 0 Å². The monoisotopic (exact) mass is 291 g/mol. The zero-order valence-electron chi connectivity index (χ0n) is 9.99. The number of H-pyrrole nitrogens is 1. The van der Waals surface area contributed by atoms with Crippen LogP contribution in [-0.2, 0) is 6.61 Å². The third-order valence-corrected chi connectivity index (χ3v) is 3.50. The fourth-order valence-electron chi connectivity index (χ4n) is 1.99. The van der Waals surface area contributed by atoms with Crippen molar-refractivity contribution in [2.24, 2.45) is 0 Å². The van der Waals surface area contributed by atoms with Gasteiger partial charge in [-0.05, 0) is 30.3 Å². The van der Waals surface area contributed by atoms with E-state index in [-0.39, 0.29) is 0 Å². The lowest BCUT2D eigenvalue weighted by atomic mass is 10.2. The molecule has 0 fully saturated rings. The molecule has 0 amide bonds. The fraction of sp³-hybridized carbons (Fsp3) is 0.0667. The van der Waals surface area contributed by atoms with Gasteiger partial charge in [0.2, 0.25) is 0 Å². The van der Waals surface area contributed by atoms with Crippen LogP contribution in [0.15, 0.2) is 48.7 Å². The number of rotatable bonds is 3. The highest BCUT2D eigenvalue weighted by molar-refractivity contribution is 6.32. The van der Waals surface area contributed by atoms with Gasteiger partial charge in [-0.2, -0.15) is 0 Å². The van der Waals surface area contributed by atoms with Gasteiger partial charge in [0.1, 0.15) is 12.4 Å². The molecule has 3 rings (SSSR count). The Morgan fingerprint density at radius 3 is 2.74 bits per heavy atom. The maximum atomic E-state index is 6.05. The smallest absolute Gasteiger partial charge is 0.138 e. The van der Waals surface area contributed by atoms with Crippen LogP contribution in [0.25, 0.3) is 10.9 Å². The van der Waals surface area contributed by atoms with E-state index >= 15 is 0 Å². The summed E-state index contributed by atoms with van der Waals surface area (Å²) in [5.41, 5.74) is 2.10. The summed E-state index contributed by atoms with van der Waals surface area (Å²) in [5.74, 6) is 0.681. The van der Waals surface area contributed by atoms with Crippen LogP contribution in [0.1, 0.15) is 5.56 Å². The summed E-state index contributed by atoms with van der Waals surface area (Å²) in [6.07, 6.45) is 1.93. The molecule has 0 saturated carbocycles. The maximum Gasteiger partial charge on any atom is 0.138 e. The minimum atomic E-state index is 0.448. The number of aromatic amines is 1. The highest BCUT2D eigenvalue weighted by Gasteiger charge is 2.06. The summed E-state index contributed by atoms with van der Waals surface area (Å²) < 4.78 is 5.73. The summed E-state index contributed by atoms with van der Waals surface area (Å²) in [4.78, 5) is 3.19. The van der Waals surface area contributed by atoms with Crippen molar-refractivity contribution < 1.29 is 4.74 Å². The number of halogens is 2. The first-order valence-corrected chi connectivity index (χ1v) is 6.62. The molecule has 4 heteroatoms. The van der Waals surface area contributed by atoms with Crippen molar-refractivity contribution in [1.29, 1.82) is 0 Å². The van der Waals surface area contributed by atoms with Gasteiger partial charge in [0.25, 0.3) is 0 Å². The van der Waals surface area contributed by atoms with Gasteiger partial charge in [-0.1, -0.05) is 35.3 Å². The molecule has 1 aromatic heterocycles. The third-order valence-electron chi connectivity index (χ3n) is 2.95. The van der Waals surface area contributed by atoms with Crippen molar-refractivity contribution in [1.82, 2.24) is 4.98 Å². The summed E-state index contributed by atoms with van der Waals surface area (Å²) in [6.45, 7) is 0.448. The molecule has 0 radical (unpaired) electrons. The molecule has 0 saturated heterocycles. The highest BCUT2D eigenvalue weighted by Crippen LogP contribution is 2.27.